The van der Waals surface area contributed by atoms with E-state index < -0.39 is 4.92 Å². The van der Waals surface area contributed by atoms with Gasteiger partial charge in [0.2, 0.25) is 5.95 Å². The van der Waals surface area contributed by atoms with Crippen LogP contribution in [0.3, 0.4) is 0 Å². The molecule has 2 N–H and O–H groups in total. The van der Waals surface area contributed by atoms with Crippen LogP contribution in [0.15, 0.2) is 50.7 Å². The zero-order valence-corrected chi connectivity index (χ0v) is 13.0. The van der Waals surface area contributed by atoms with Gasteiger partial charge in [-0.15, -0.1) is 10.2 Å². The van der Waals surface area contributed by atoms with Crippen LogP contribution in [0.5, 0.6) is 0 Å². The molecular weight excluding hydrogens is 328 g/mol. The lowest BCUT2D eigenvalue weighted by Gasteiger charge is -1.97. The molecule has 0 fully saturated rings. The van der Waals surface area contributed by atoms with E-state index in [2.05, 4.69) is 25.7 Å². The highest BCUT2D eigenvalue weighted by molar-refractivity contribution is 5.78. The summed E-state index contributed by atoms with van der Waals surface area (Å²) in [7, 11) is 0. The van der Waals surface area contributed by atoms with Gasteiger partial charge in [-0.05, 0) is 31.2 Å². The van der Waals surface area contributed by atoms with Gasteiger partial charge in [0.25, 0.3) is 11.2 Å². The Morgan fingerprint density at radius 2 is 2.00 bits per heavy atom. The number of hydrogen-bond acceptors (Lipinski definition) is 8. The molecule has 0 aliphatic carbocycles. The lowest BCUT2D eigenvalue weighted by atomic mass is 10.1. The largest absolute Gasteiger partial charge is 0.455 e. The van der Waals surface area contributed by atoms with Crippen molar-refractivity contribution >= 4 is 17.9 Å². The first-order valence-corrected chi connectivity index (χ1v) is 7.10. The number of H-pyrrole nitrogens is 1. The molecule has 10 heteroatoms. The molecule has 3 aromatic rings. The Balaban J connectivity index is 1.69. The summed E-state index contributed by atoms with van der Waals surface area (Å²) < 4.78 is 5.58. The Labute approximate surface area is 140 Å². The van der Waals surface area contributed by atoms with Crippen LogP contribution in [0, 0.1) is 17.0 Å². The molecule has 25 heavy (non-hydrogen) atoms. The molecule has 2 aromatic heterocycles. The summed E-state index contributed by atoms with van der Waals surface area (Å²) in [6.07, 6.45) is 1.40. The summed E-state index contributed by atoms with van der Waals surface area (Å²) in [6, 6.07) is 9.41. The fourth-order valence-electron chi connectivity index (χ4n) is 1.93. The van der Waals surface area contributed by atoms with Crippen LogP contribution >= 0.6 is 0 Å². The minimum absolute atomic E-state index is 0.00879. The van der Waals surface area contributed by atoms with E-state index in [0.717, 1.165) is 0 Å². The Morgan fingerprint density at radius 3 is 2.68 bits per heavy atom. The number of aromatic nitrogens is 3. The van der Waals surface area contributed by atoms with Gasteiger partial charge in [0.15, 0.2) is 0 Å². The van der Waals surface area contributed by atoms with Crippen molar-refractivity contribution in [2.24, 2.45) is 5.10 Å². The molecule has 10 nitrogen and oxygen atoms in total. The molecule has 0 radical (unpaired) electrons. The number of aromatic amines is 1. The zero-order chi connectivity index (χ0) is 17.8. The molecular formula is C15H12N6O4. The predicted octanol–water partition coefficient (Wildman–Crippen LogP) is 2.09. The lowest BCUT2D eigenvalue weighted by molar-refractivity contribution is -0.384. The van der Waals surface area contributed by atoms with E-state index >= 15 is 0 Å². The monoisotopic (exact) mass is 340 g/mol. The number of nitro benzene ring substituents is 1. The number of benzene rings is 1. The second-order valence-electron chi connectivity index (χ2n) is 4.96. The minimum atomic E-state index is -0.464. The van der Waals surface area contributed by atoms with Crippen molar-refractivity contribution in [2.45, 2.75) is 6.92 Å². The van der Waals surface area contributed by atoms with Crippen LogP contribution in [-0.4, -0.2) is 26.3 Å². The number of non-ortho nitro benzene ring substituents is 1. The molecule has 0 unspecified atom stereocenters. The number of anilines is 1. The van der Waals surface area contributed by atoms with Gasteiger partial charge in [-0.25, -0.2) is 5.43 Å². The van der Waals surface area contributed by atoms with Gasteiger partial charge < -0.3 is 4.42 Å². The van der Waals surface area contributed by atoms with Crippen molar-refractivity contribution in [3.8, 4) is 11.3 Å². The fraction of sp³-hybridized carbons (Fsp3) is 0.0667. The topological polar surface area (TPSA) is 139 Å². The first kappa shape index (κ1) is 16.1. The molecule has 0 atom stereocenters. The number of nitrogens with one attached hydrogen (secondary N) is 2. The van der Waals surface area contributed by atoms with E-state index in [0.29, 0.717) is 17.1 Å². The highest BCUT2D eigenvalue weighted by Gasteiger charge is 2.08. The lowest BCUT2D eigenvalue weighted by Crippen LogP contribution is -2.15. The van der Waals surface area contributed by atoms with Crippen LogP contribution in [0.1, 0.15) is 11.5 Å². The summed E-state index contributed by atoms with van der Waals surface area (Å²) in [4.78, 5) is 24.0. The van der Waals surface area contributed by atoms with Gasteiger partial charge in [0, 0.05) is 17.7 Å². The third kappa shape index (κ3) is 3.75. The molecule has 126 valence electrons. The predicted molar refractivity (Wildman–Crippen MR) is 89.4 cm³/mol. The van der Waals surface area contributed by atoms with Gasteiger partial charge in [-0.1, -0.05) is 0 Å². The van der Waals surface area contributed by atoms with Crippen molar-refractivity contribution in [2.75, 3.05) is 5.43 Å². The normalized spacial score (nSPS) is 10.9. The number of aryl methyl sites for hydroxylation is 1. The van der Waals surface area contributed by atoms with Crippen LogP contribution < -0.4 is 11.0 Å². The van der Waals surface area contributed by atoms with Crippen molar-refractivity contribution in [1.82, 2.24) is 15.2 Å². The highest BCUT2D eigenvalue weighted by Crippen LogP contribution is 2.23. The van der Waals surface area contributed by atoms with Crippen molar-refractivity contribution in [3.63, 3.8) is 0 Å². The molecule has 0 amide bonds. The third-order valence-corrected chi connectivity index (χ3v) is 3.21. The van der Waals surface area contributed by atoms with Crippen molar-refractivity contribution in [1.29, 1.82) is 0 Å². The standard InChI is InChI=1S/C15H12N6O4/c1-9-14(22)17-15(20-18-9)19-16-8-12-6-7-13(25-12)10-2-4-11(5-3-10)21(23)24/h2-8H,1H3,(H2,17,19,20,22). The first-order valence-electron chi connectivity index (χ1n) is 7.10. The van der Waals surface area contributed by atoms with Crippen LogP contribution in [0.2, 0.25) is 0 Å². The summed E-state index contributed by atoms with van der Waals surface area (Å²) in [5.41, 5.74) is 3.15. The van der Waals surface area contributed by atoms with Crippen LogP contribution in [-0.2, 0) is 0 Å². The fourth-order valence-corrected chi connectivity index (χ4v) is 1.93. The molecule has 1 aromatic carbocycles. The molecule has 3 rings (SSSR count). The van der Waals surface area contributed by atoms with E-state index in [4.69, 9.17) is 4.42 Å². The van der Waals surface area contributed by atoms with E-state index in [-0.39, 0.29) is 22.9 Å². The minimum Gasteiger partial charge on any atom is -0.455 e. The summed E-state index contributed by atoms with van der Waals surface area (Å²) in [5.74, 6) is 1.09. The molecule has 2 heterocycles. The van der Waals surface area contributed by atoms with E-state index in [1.165, 1.54) is 18.3 Å². The highest BCUT2D eigenvalue weighted by atomic mass is 16.6. The molecule has 0 aliphatic rings. The van der Waals surface area contributed by atoms with Crippen molar-refractivity contribution in [3.05, 3.63) is 68.3 Å². The summed E-state index contributed by atoms with van der Waals surface area (Å²) in [6.45, 7) is 1.54. The number of rotatable bonds is 5. The Hall–Kier alpha value is -3.82. The number of nitrogens with zero attached hydrogens (tertiary/aromatic N) is 4. The van der Waals surface area contributed by atoms with E-state index in [1.807, 2.05) is 0 Å². The van der Waals surface area contributed by atoms with Gasteiger partial charge in [0.05, 0.1) is 11.1 Å². The second kappa shape index (κ2) is 6.74. The smallest absolute Gasteiger partial charge is 0.274 e. The van der Waals surface area contributed by atoms with Crippen LogP contribution in [0.25, 0.3) is 11.3 Å². The maximum absolute atomic E-state index is 11.4. The average Bonchev–Trinajstić information content (AvgIpc) is 3.07. The van der Waals surface area contributed by atoms with Gasteiger partial charge in [-0.2, -0.15) is 5.10 Å². The summed E-state index contributed by atoms with van der Waals surface area (Å²) in [5, 5.41) is 21.9. The number of nitro groups is 1. The quantitative estimate of drug-likeness (QED) is 0.412. The number of hydrogen-bond donors (Lipinski definition) is 2. The Bertz CT molecular complexity index is 990. The molecule has 0 saturated carbocycles. The maximum atomic E-state index is 11.4. The molecule has 0 aliphatic heterocycles. The first-order chi connectivity index (χ1) is 12.0. The van der Waals surface area contributed by atoms with E-state index in [1.54, 1.807) is 31.2 Å². The van der Waals surface area contributed by atoms with Gasteiger partial charge >= 0.3 is 0 Å². The second-order valence-corrected chi connectivity index (χ2v) is 4.96. The average molecular weight is 340 g/mol. The van der Waals surface area contributed by atoms with Gasteiger partial charge in [0.1, 0.15) is 17.2 Å². The van der Waals surface area contributed by atoms with Gasteiger partial charge in [-0.3, -0.25) is 19.9 Å². The van der Waals surface area contributed by atoms with Crippen LogP contribution in [0.4, 0.5) is 11.6 Å². The number of furan rings is 1. The SMILES string of the molecule is Cc1nnc(NN=Cc2ccc(-c3ccc([N+](=O)[O-])cc3)o2)[nH]c1=O. The molecule has 0 bridgehead atoms. The van der Waals surface area contributed by atoms with Crippen molar-refractivity contribution < 1.29 is 9.34 Å². The number of hydrazone groups is 1. The van der Waals surface area contributed by atoms with E-state index in [9.17, 15) is 14.9 Å². The maximum Gasteiger partial charge on any atom is 0.274 e. The molecule has 0 spiro atoms. The third-order valence-electron chi connectivity index (χ3n) is 3.21. The molecule has 0 saturated heterocycles. The zero-order valence-electron chi connectivity index (χ0n) is 13.0. The Kier molecular flexibility index (Phi) is 4.33. The summed E-state index contributed by atoms with van der Waals surface area (Å²) >= 11 is 0. The Morgan fingerprint density at radius 1 is 1.24 bits per heavy atom.